The minimum absolute atomic E-state index is 0.0288. The Hall–Kier alpha value is -1.00. The molecule has 90 valence electrons. The van der Waals surface area contributed by atoms with E-state index in [0.29, 0.717) is 18.7 Å². The third-order valence-electron chi connectivity index (χ3n) is 2.75. The number of rotatable bonds is 5. The molecule has 0 bridgehead atoms. The SMILES string of the molecule is CCN(CCO)C(C)c1ccc(F)cc1F. The van der Waals surface area contributed by atoms with Gasteiger partial charge in [-0.3, -0.25) is 4.90 Å². The molecule has 1 aromatic carbocycles. The van der Waals surface area contributed by atoms with Crippen molar-refractivity contribution >= 4 is 0 Å². The number of aliphatic hydroxyl groups is 1. The first-order valence-corrected chi connectivity index (χ1v) is 5.40. The number of aliphatic hydroxyl groups excluding tert-OH is 1. The second-order valence-electron chi connectivity index (χ2n) is 3.69. The van der Waals surface area contributed by atoms with Gasteiger partial charge in [-0.15, -0.1) is 0 Å². The van der Waals surface area contributed by atoms with Crippen molar-refractivity contribution in [2.75, 3.05) is 19.7 Å². The van der Waals surface area contributed by atoms with E-state index in [-0.39, 0.29) is 12.6 Å². The summed E-state index contributed by atoms with van der Waals surface area (Å²) < 4.78 is 26.3. The Morgan fingerprint density at radius 3 is 2.56 bits per heavy atom. The summed E-state index contributed by atoms with van der Waals surface area (Å²) in [5.41, 5.74) is 0.455. The van der Waals surface area contributed by atoms with Gasteiger partial charge in [0.2, 0.25) is 0 Å². The summed E-state index contributed by atoms with van der Waals surface area (Å²) in [4.78, 5) is 1.93. The van der Waals surface area contributed by atoms with E-state index in [0.717, 1.165) is 6.07 Å². The molecule has 4 heteroatoms. The van der Waals surface area contributed by atoms with Gasteiger partial charge in [0, 0.05) is 24.2 Å². The first-order valence-electron chi connectivity index (χ1n) is 5.40. The molecule has 0 saturated heterocycles. The summed E-state index contributed by atoms with van der Waals surface area (Å²) in [6.07, 6.45) is 0. The fourth-order valence-electron chi connectivity index (χ4n) is 1.79. The molecule has 1 aromatic rings. The lowest BCUT2D eigenvalue weighted by atomic mass is 10.1. The molecule has 0 spiro atoms. The van der Waals surface area contributed by atoms with Crippen LogP contribution < -0.4 is 0 Å². The first-order chi connectivity index (χ1) is 7.60. The van der Waals surface area contributed by atoms with Crippen LogP contribution in [0.2, 0.25) is 0 Å². The van der Waals surface area contributed by atoms with Crippen molar-refractivity contribution in [2.45, 2.75) is 19.9 Å². The second-order valence-corrected chi connectivity index (χ2v) is 3.69. The average Bonchev–Trinajstić information content (AvgIpc) is 2.25. The second kappa shape index (κ2) is 5.92. The number of hydrogen-bond acceptors (Lipinski definition) is 2. The molecule has 1 atom stereocenters. The number of nitrogens with zero attached hydrogens (tertiary/aromatic N) is 1. The summed E-state index contributed by atoms with van der Waals surface area (Å²) in [5, 5.41) is 8.88. The van der Waals surface area contributed by atoms with E-state index in [4.69, 9.17) is 5.11 Å². The molecule has 1 unspecified atom stereocenters. The van der Waals surface area contributed by atoms with Crippen molar-refractivity contribution in [3.05, 3.63) is 35.4 Å². The summed E-state index contributed by atoms with van der Waals surface area (Å²) in [6, 6.07) is 3.42. The van der Waals surface area contributed by atoms with Gasteiger partial charge in [0.1, 0.15) is 11.6 Å². The van der Waals surface area contributed by atoms with Crippen LogP contribution in [0.4, 0.5) is 8.78 Å². The third kappa shape index (κ3) is 3.00. The monoisotopic (exact) mass is 229 g/mol. The largest absolute Gasteiger partial charge is 0.395 e. The van der Waals surface area contributed by atoms with E-state index in [1.165, 1.54) is 12.1 Å². The normalized spacial score (nSPS) is 13.1. The van der Waals surface area contributed by atoms with E-state index < -0.39 is 11.6 Å². The highest BCUT2D eigenvalue weighted by Gasteiger charge is 2.17. The Balaban J connectivity index is 2.89. The van der Waals surface area contributed by atoms with E-state index in [2.05, 4.69) is 0 Å². The molecule has 0 aliphatic carbocycles. The van der Waals surface area contributed by atoms with Crippen molar-refractivity contribution in [3.8, 4) is 0 Å². The molecule has 0 saturated carbocycles. The number of likely N-dealkylation sites (N-methyl/N-ethyl adjacent to an activating group) is 1. The van der Waals surface area contributed by atoms with Crippen LogP contribution in [0.5, 0.6) is 0 Å². The van der Waals surface area contributed by atoms with Crippen LogP contribution in [-0.4, -0.2) is 29.7 Å². The van der Waals surface area contributed by atoms with Crippen molar-refractivity contribution in [1.29, 1.82) is 0 Å². The van der Waals surface area contributed by atoms with Crippen LogP contribution >= 0.6 is 0 Å². The van der Waals surface area contributed by atoms with Gasteiger partial charge in [0.15, 0.2) is 0 Å². The molecule has 0 aliphatic rings. The lowest BCUT2D eigenvalue weighted by molar-refractivity contribution is 0.163. The van der Waals surface area contributed by atoms with Gasteiger partial charge in [-0.2, -0.15) is 0 Å². The highest BCUT2D eigenvalue weighted by molar-refractivity contribution is 5.21. The third-order valence-corrected chi connectivity index (χ3v) is 2.75. The Bertz CT molecular complexity index is 344. The summed E-state index contributed by atoms with van der Waals surface area (Å²) >= 11 is 0. The molecule has 1 N–H and O–H groups in total. The highest BCUT2D eigenvalue weighted by atomic mass is 19.1. The van der Waals surface area contributed by atoms with Crippen LogP contribution in [0, 0.1) is 11.6 Å². The van der Waals surface area contributed by atoms with E-state index in [1.807, 2.05) is 18.7 Å². The van der Waals surface area contributed by atoms with Gasteiger partial charge in [0.25, 0.3) is 0 Å². The number of hydrogen-bond donors (Lipinski definition) is 1. The fourth-order valence-corrected chi connectivity index (χ4v) is 1.79. The van der Waals surface area contributed by atoms with Gasteiger partial charge in [0.05, 0.1) is 6.61 Å². The molecule has 0 aliphatic heterocycles. The molecular weight excluding hydrogens is 212 g/mol. The van der Waals surface area contributed by atoms with Gasteiger partial charge in [-0.05, 0) is 19.5 Å². The lowest BCUT2D eigenvalue weighted by Crippen LogP contribution is -2.30. The summed E-state index contributed by atoms with van der Waals surface area (Å²) in [6.45, 7) is 5.00. The van der Waals surface area contributed by atoms with Crippen LogP contribution in [-0.2, 0) is 0 Å². The Labute approximate surface area is 94.5 Å². The van der Waals surface area contributed by atoms with Crippen LogP contribution in [0.3, 0.4) is 0 Å². The molecule has 2 nitrogen and oxygen atoms in total. The van der Waals surface area contributed by atoms with Crippen molar-refractivity contribution < 1.29 is 13.9 Å². The number of benzene rings is 1. The topological polar surface area (TPSA) is 23.5 Å². The minimum atomic E-state index is -0.571. The zero-order valence-corrected chi connectivity index (χ0v) is 9.58. The predicted octanol–water partition coefficient (Wildman–Crippen LogP) is 2.34. The Morgan fingerprint density at radius 2 is 2.06 bits per heavy atom. The van der Waals surface area contributed by atoms with Crippen LogP contribution in [0.25, 0.3) is 0 Å². The van der Waals surface area contributed by atoms with Gasteiger partial charge in [-0.25, -0.2) is 8.78 Å². The molecule has 1 rings (SSSR count). The summed E-state index contributed by atoms with van der Waals surface area (Å²) in [7, 11) is 0. The molecule has 0 fully saturated rings. The minimum Gasteiger partial charge on any atom is -0.395 e. The van der Waals surface area contributed by atoms with Gasteiger partial charge >= 0.3 is 0 Å². The van der Waals surface area contributed by atoms with E-state index in [9.17, 15) is 8.78 Å². The maximum Gasteiger partial charge on any atom is 0.130 e. The fraction of sp³-hybridized carbons (Fsp3) is 0.500. The quantitative estimate of drug-likeness (QED) is 0.837. The van der Waals surface area contributed by atoms with E-state index >= 15 is 0 Å². The van der Waals surface area contributed by atoms with Crippen LogP contribution in [0.15, 0.2) is 18.2 Å². The zero-order valence-electron chi connectivity index (χ0n) is 9.58. The molecule has 0 radical (unpaired) electrons. The number of halogens is 2. The molecule has 16 heavy (non-hydrogen) atoms. The maximum atomic E-state index is 13.5. The maximum absolute atomic E-state index is 13.5. The Kier molecular flexibility index (Phi) is 4.83. The van der Waals surface area contributed by atoms with Crippen molar-refractivity contribution in [1.82, 2.24) is 4.90 Å². The lowest BCUT2D eigenvalue weighted by Gasteiger charge is -2.27. The zero-order chi connectivity index (χ0) is 12.1. The Morgan fingerprint density at radius 1 is 1.38 bits per heavy atom. The highest BCUT2D eigenvalue weighted by Crippen LogP contribution is 2.22. The van der Waals surface area contributed by atoms with Gasteiger partial charge < -0.3 is 5.11 Å². The van der Waals surface area contributed by atoms with E-state index in [1.54, 1.807) is 0 Å². The van der Waals surface area contributed by atoms with Crippen molar-refractivity contribution in [3.63, 3.8) is 0 Å². The summed E-state index contributed by atoms with van der Waals surface area (Å²) in [5.74, 6) is -1.11. The molecule has 0 heterocycles. The standard InChI is InChI=1S/C12H17F2NO/c1-3-15(6-7-16)9(2)11-5-4-10(13)8-12(11)14/h4-5,8-9,16H,3,6-7H2,1-2H3. The average molecular weight is 229 g/mol. The van der Waals surface area contributed by atoms with Gasteiger partial charge in [-0.1, -0.05) is 13.0 Å². The molecular formula is C12H17F2NO. The smallest absolute Gasteiger partial charge is 0.130 e. The molecule has 0 amide bonds. The first kappa shape index (κ1) is 13.1. The predicted molar refractivity (Wildman–Crippen MR) is 59.1 cm³/mol. The van der Waals surface area contributed by atoms with Crippen molar-refractivity contribution in [2.24, 2.45) is 0 Å². The molecule has 0 aromatic heterocycles. The van der Waals surface area contributed by atoms with Crippen LogP contribution in [0.1, 0.15) is 25.5 Å².